The maximum atomic E-state index is 13.3. The van der Waals surface area contributed by atoms with Gasteiger partial charge in [-0.3, -0.25) is 4.79 Å². The normalized spacial score (nSPS) is 24.0. The Morgan fingerprint density at radius 1 is 1.15 bits per heavy atom. The van der Waals surface area contributed by atoms with E-state index in [0.29, 0.717) is 24.0 Å². The number of carbonyl (C=O) groups is 1. The molecule has 2 fully saturated rings. The van der Waals surface area contributed by atoms with E-state index >= 15 is 0 Å². The van der Waals surface area contributed by atoms with Crippen molar-refractivity contribution in [2.24, 2.45) is 11.8 Å². The molecule has 4 rings (SSSR count). The van der Waals surface area contributed by atoms with Crippen LogP contribution in [0.1, 0.15) is 28.9 Å². The summed E-state index contributed by atoms with van der Waals surface area (Å²) in [6.45, 7) is 5.34. The van der Waals surface area contributed by atoms with E-state index in [-0.39, 0.29) is 24.4 Å². The Labute approximate surface area is 160 Å². The third-order valence-corrected chi connectivity index (χ3v) is 5.36. The molecule has 4 nitrogen and oxygen atoms in total. The molecule has 0 saturated carbocycles. The second-order valence-corrected chi connectivity index (χ2v) is 6.86. The average molecular weight is 373 g/mol. The van der Waals surface area contributed by atoms with Gasteiger partial charge >= 0.3 is 0 Å². The molecule has 0 spiro atoms. The van der Waals surface area contributed by atoms with Crippen LogP contribution in [0.3, 0.4) is 0 Å². The lowest BCUT2D eigenvalue weighted by Gasteiger charge is -2.28. The summed E-state index contributed by atoms with van der Waals surface area (Å²) < 4.78 is 5.56. The van der Waals surface area contributed by atoms with Gasteiger partial charge in [-0.1, -0.05) is 36.4 Å². The number of nitrogens with one attached hydrogen (secondary N) is 1. The van der Waals surface area contributed by atoms with E-state index in [4.69, 9.17) is 4.74 Å². The Hall–Kier alpha value is -2.04. The van der Waals surface area contributed by atoms with Gasteiger partial charge in [-0.25, -0.2) is 0 Å². The molecule has 2 heterocycles. The van der Waals surface area contributed by atoms with E-state index in [1.807, 2.05) is 37.3 Å². The largest absolute Gasteiger partial charge is 0.494 e. The summed E-state index contributed by atoms with van der Waals surface area (Å²) in [7, 11) is 0. The fourth-order valence-electron chi connectivity index (χ4n) is 4.26. The highest BCUT2D eigenvalue weighted by molar-refractivity contribution is 5.95. The van der Waals surface area contributed by atoms with Crippen molar-refractivity contribution in [2.45, 2.75) is 13.0 Å². The van der Waals surface area contributed by atoms with E-state index in [1.54, 1.807) is 0 Å². The summed E-state index contributed by atoms with van der Waals surface area (Å²) in [6.07, 6.45) is 0. The molecule has 0 aromatic heterocycles. The molecular weight excluding hydrogens is 348 g/mol. The highest BCUT2D eigenvalue weighted by Crippen LogP contribution is 2.43. The van der Waals surface area contributed by atoms with Gasteiger partial charge in [0.05, 0.1) is 12.6 Å². The fourth-order valence-corrected chi connectivity index (χ4v) is 4.26. The van der Waals surface area contributed by atoms with Crippen LogP contribution < -0.4 is 10.1 Å². The molecule has 26 heavy (non-hydrogen) atoms. The number of likely N-dealkylation sites (tertiary alicyclic amines) is 1. The maximum Gasteiger partial charge on any atom is 0.254 e. The minimum Gasteiger partial charge on any atom is -0.494 e. The standard InChI is InChI=1S/C21H24N2O2.ClH/c1-2-25-18-10-6-9-16(11-18)21(24)23-14-17-12-22-13-19(17)20(23)15-7-4-3-5-8-15;/h3-11,17,19-20,22H,2,12-14H2,1H3;1H/t17-,19-,20-;/m0./s1. The van der Waals surface area contributed by atoms with Gasteiger partial charge in [-0.15, -0.1) is 12.4 Å². The maximum absolute atomic E-state index is 13.3. The lowest BCUT2D eigenvalue weighted by atomic mass is 9.89. The topological polar surface area (TPSA) is 41.6 Å². The van der Waals surface area contributed by atoms with Gasteiger partial charge in [0.25, 0.3) is 5.91 Å². The summed E-state index contributed by atoms with van der Waals surface area (Å²) in [5.74, 6) is 1.88. The van der Waals surface area contributed by atoms with Gasteiger partial charge in [-0.05, 0) is 36.6 Å². The minimum absolute atomic E-state index is 0. The summed E-state index contributed by atoms with van der Waals surface area (Å²) >= 11 is 0. The number of ether oxygens (including phenoxy) is 1. The van der Waals surface area contributed by atoms with Crippen molar-refractivity contribution < 1.29 is 9.53 Å². The Morgan fingerprint density at radius 3 is 2.73 bits per heavy atom. The molecule has 2 saturated heterocycles. The van der Waals surface area contributed by atoms with E-state index in [9.17, 15) is 4.79 Å². The van der Waals surface area contributed by atoms with Crippen molar-refractivity contribution in [3.8, 4) is 5.75 Å². The Kier molecular flexibility index (Phi) is 5.84. The van der Waals surface area contributed by atoms with Gasteiger partial charge in [0.1, 0.15) is 5.75 Å². The molecular formula is C21H25ClN2O2. The summed E-state index contributed by atoms with van der Waals surface area (Å²) in [6, 6.07) is 18.1. The molecule has 2 aromatic rings. The molecule has 2 aromatic carbocycles. The van der Waals surface area contributed by atoms with Crippen molar-refractivity contribution in [1.29, 1.82) is 0 Å². The van der Waals surface area contributed by atoms with E-state index < -0.39 is 0 Å². The van der Waals surface area contributed by atoms with Crippen LogP contribution >= 0.6 is 12.4 Å². The zero-order valence-electron chi connectivity index (χ0n) is 14.9. The van der Waals surface area contributed by atoms with Crippen molar-refractivity contribution in [1.82, 2.24) is 10.2 Å². The summed E-state index contributed by atoms with van der Waals surface area (Å²) in [5.41, 5.74) is 1.94. The van der Waals surface area contributed by atoms with Crippen LogP contribution in [-0.2, 0) is 0 Å². The molecule has 0 bridgehead atoms. The van der Waals surface area contributed by atoms with E-state index in [2.05, 4.69) is 34.5 Å². The number of amides is 1. The SMILES string of the molecule is CCOc1cccc(C(=O)N2C[C@@H]3CNC[C@@H]3[C@@H]2c2ccccc2)c1.Cl. The molecule has 1 N–H and O–H groups in total. The Morgan fingerprint density at radius 2 is 1.96 bits per heavy atom. The zero-order valence-corrected chi connectivity index (χ0v) is 15.7. The third-order valence-electron chi connectivity index (χ3n) is 5.36. The van der Waals surface area contributed by atoms with Gasteiger partial charge in [0.15, 0.2) is 0 Å². The zero-order chi connectivity index (χ0) is 17.2. The first-order valence-electron chi connectivity index (χ1n) is 9.07. The van der Waals surface area contributed by atoms with Crippen molar-refractivity contribution in [2.75, 3.05) is 26.2 Å². The number of carbonyl (C=O) groups excluding carboxylic acids is 1. The van der Waals surface area contributed by atoms with Crippen LogP contribution in [0.2, 0.25) is 0 Å². The number of halogens is 1. The average Bonchev–Trinajstić information content (AvgIpc) is 3.23. The highest BCUT2D eigenvalue weighted by atomic mass is 35.5. The van der Waals surface area contributed by atoms with Crippen LogP contribution in [0.25, 0.3) is 0 Å². The molecule has 2 aliphatic heterocycles. The Bertz CT molecular complexity index is 753. The monoisotopic (exact) mass is 372 g/mol. The lowest BCUT2D eigenvalue weighted by Crippen LogP contribution is -2.34. The number of hydrogen-bond donors (Lipinski definition) is 1. The first-order valence-corrected chi connectivity index (χ1v) is 9.07. The molecule has 5 heteroatoms. The summed E-state index contributed by atoms with van der Waals surface area (Å²) in [4.78, 5) is 15.3. The van der Waals surface area contributed by atoms with Gasteiger partial charge in [0.2, 0.25) is 0 Å². The van der Waals surface area contributed by atoms with Crippen LogP contribution in [0.15, 0.2) is 54.6 Å². The second-order valence-electron chi connectivity index (χ2n) is 6.86. The molecule has 0 unspecified atom stereocenters. The molecule has 1 amide bonds. The number of fused-ring (bicyclic) bond motifs is 1. The van der Waals surface area contributed by atoms with Crippen LogP contribution in [-0.4, -0.2) is 37.0 Å². The van der Waals surface area contributed by atoms with Gasteiger partial charge in [-0.2, -0.15) is 0 Å². The summed E-state index contributed by atoms with van der Waals surface area (Å²) in [5, 5.41) is 3.49. The predicted octanol–water partition coefficient (Wildman–Crippen LogP) is 3.54. The highest BCUT2D eigenvalue weighted by Gasteiger charge is 2.46. The molecule has 2 aliphatic rings. The lowest BCUT2D eigenvalue weighted by molar-refractivity contribution is 0.0713. The number of benzene rings is 2. The Balaban J connectivity index is 0.00000196. The molecule has 138 valence electrons. The van der Waals surface area contributed by atoms with Crippen LogP contribution in [0.4, 0.5) is 0 Å². The molecule has 3 atom stereocenters. The van der Waals surface area contributed by atoms with E-state index in [0.717, 1.165) is 25.4 Å². The third kappa shape index (κ3) is 3.44. The molecule has 0 radical (unpaired) electrons. The first kappa shape index (κ1) is 18.7. The van der Waals surface area contributed by atoms with Crippen molar-refractivity contribution >= 4 is 18.3 Å². The molecule has 0 aliphatic carbocycles. The smallest absolute Gasteiger partial charge is 0.254 e. The number of rotatable bonds is 4. The van der Waals surface area contributed by atoms with Crippen molar-refractivity contribution in [3.63, 3.8) is 0 Å². The fraction of sp³-hybridized carbons (Fsp3) is 0.381. The quantitative estimate of drug-likeness (QED) is 0.892. The number of nitrogens with zero attached hydrogens (tertiary/aromatic N) is 1. The van der Waals surface area contributed by atoms with Gasteiger partial charge in [0, 0.05) is 31.1 Å². The predicted molar refractivity (Wildman–Crippen MR) is 105 cm³/mol. The van der Waals surface area contributed by atoms with Crippen LogP contribution in [0.5, 0.6) is 5.75 Å². The number of hydrogen-bond acceptors (Lipinski definition) is 3. The van der Waals surface area contributed by atoms with Crippen molar-refractivity contribution in [3.05, 3.63) is 65.7 Å². The van der Waals surface area contributed by atoms with E-state index in [1.165, 1.54) is 5.56 Å². The van der Waals surface area contributed by atoms with Crippen LogP contribution in [0, 0.1) is 11.8 Å². The second kappa shape index (κ2) is 8.11. The first-order chi connectivity index (χ1) is 12.3. The van der Waals surface area contributed by atoms with Gasteiger partial charge < -0.3 is 15.0 Å². The minimum atomic E-state index is 0.